The fourth-order valence-corrected chi connectivity index (χ4v) is 6.11. The first-order valence-corrected chi connectivity index (χ1v) is 13.5. The number of aromatic amines is 1. The molecule has 5 rings (SSSR count). The number of H-pyrrole nitrogens is 1. The Bertz CT molecular complexity index is 1440. The van der Waals surface area contributed by atoms with Crippen molar-refractivity contribution in [1.29, 1.82) is 0 Å². The Morgan fingerprint density at radius 1 is 0.943 bits per heavy atom. The second kappa shape index (κ2) is 10.1. The number of piperidine rings is 1. The van der Waals surface area contributed by atoms with Crippen LogP contribution >= 0.6 is 0 Å². The number of hydrogen-bond acceptors (Lipinski definition) is 6. The highest BCUT2D eigenvalue weighted by atomic mass is 32.2. The Hall–Kier alpha value is -3.37. The van der Waals surface area contributed by atoms with Crippen molar-refractivity contribution in [2.45, 2.75) is 38.1 Å². The van der Waals surface area contributed by atoms with Crippen molar-refractivity contribution in [3.8, 4) is 0 Å². The molecule has 0 bridgehead atoms. The van der Waals surface area contributed by atoms with E-state index in [9.17, 15) is 13.2 Å². The predicted molar refractivity (Wildman–Crippen MR) is 134 cm³/mol. The smallest absolute Gasteiger partial charge is 0.281 e. The van der Waals surface area contributed by atoms with Gasteiger partial charge < -0.3 is 4.98 Å². The Morgan fingerprint density at radius 3 is 2.29 bits per heavy atom. The van der Waals surface area contributed by atoms with Crippen LogP contribution in [0.1, 0.15) is 42.1 Å². The molecule has 0 saturated carbocycles. The molecular formula is C25H28N6O3S. The van der Waals surface area contributed by atoms with Crippen LogP contribution in [0.3, 0.4) is 0 Å². The monoisotopic (exact) mass is 492 g/mol. The van der Waals surface area contributed by atoms with Crippen molar-refractivity contribution in [2.24, 2.45) is 0 Å². The lowest BCUT2D eigenvalue weighted by Gasteiger charge is -2.30. The molecule has 1 fully saturated rings. The SMILES string of the molecule is O=c1[nH]c(C2CCN(S(=O)(=O)CCCc3ccccc3)CC2)nc2c1nnn2Cc1ccccc1. The maximum absolute atomic E-state index is 12.9. The maximum Gasteiger partial charge on any atom is 0.281 e. The van der Waals surface area contributed by atoms with Gasteiger partial charge in [-0.15, -0.1) is 5.10 Å². The van der Waals surface area contributed by atoms with Gasteiger partial charge in [0.25, 0.3) is 5.56 Å². The normalized spacial score (nSPS) is 15.5. The molecule has 0 unspecified atom stereocenters. The van der Waals surface area contributed by atoms with Gasteiger partial charge in [0.1, 0.15) is 5.82 Å². The van der Waals surface area contributed by atoms with E-state index >= 15 is 0 Å². The summed E-state index contributed by atoms with van der Waals surface area (Å²) in [5, 5.41) is 8.14. The summed E-state index contributed by atoms with van der Waals surface area (Å²) in [6, 6.07) is 19.7. The Labute approximate surface area is 203 Å². The van der Waals surface area contributed by atoms with E-state index in [-0.39, 0.29) is 22.7 Å². The summed E-state index contributed by atoms with van der Waals surface area (Å²) < 4.78 is 28.9. The number of rotatable bonds is 8. The van der Waals surface area contributed by atoms with Gasteiger partial charge in [0.2, 0.25) is 10.0 Å². The van der Waals surface area contributed by atoms with Crippen LogP contribution in [0.2, 0.25) is 0 Å². The highest BCUT2D eigenvalue weighted by Crippen LogP contribution is 2.27. The van der Waals surface area contributed by atoms with Gasteiger partial charge in [-0.2, -0.15) is 0 Å². The van der Waals surface area contributed by atoms with E-state index in [1.807, 2.05) is 60.7 Å². The van der Waals surface area contributed by atoms with Crippen LogP contribution in [0, 0.1) is 0 Å². The second-order valence-electron chi connectivity index (χ2n) is 8.93. The van der Waals surface area contributed by atoms with Gasteiger partial charge in [-0.1, -0.05) is 65.9 Å². The van der Waals surface area contributed by atoms with Crippen molar-refractivity contribution in [1.82, 2.24) is 29.3 Å². The zero-order valence-electron chi connectivity index (χ0n) is 19.4. The lowest BCUT2D eigenvalue weighted by molar-refractivity contribution is 0.313. The van der Waals surface area contributed by atoms with Gasteiger partial charge in [-0.05, 0) is 36.8 Å². The van der Waals surface area contributed by atoms with Gasteiger partial charge in [0, 0.05) is 19.0 Å². The summed E-state index contributed by atoms with van der Waals surface area (Å²) in [7, 11) is -3.32. The fourth-order valence-electron chi connectivity index (χ4n) is 4.58. The minimum atomic E-state index is -3.32. The summed E-state index contributed by atoms with van der Waals surface area (Å²) in [5.74, 6) is 0.681. The molecule has 0 aliphatic carbocycles. The first-order chi connectivity index (χ1) is 17.0. The quantitative estimate of drug-likeness (QED) is 0.405. The van der Waals surface area contributed by atoms with Crippen molar-refractivity contribution in [3.05, 3.63) is 88.0 Å². The summed E-state index contributed by atoms with van der Waals surface area (Å²) >= 11 is 0. The largest absolute Gasteiger partial charge is 0.308 e. The molecule has 1 aliphatic rings. The summed E-state index contributed by atoms with van der Waals surface area (Å²) in [6.07, 6.45) is 2.54. The number of benzene rings is 2. The third kappa shape index (κ3) is 5.33. The zero-order valence-corrected chi connectivity index (χ0v) is 20.2. The topological polar surface area (TPSA) is 114 Å². The first kappa shape index (κ1) is 23.4. The van der Waals surface area contributed by atoms with Crippen LogP contribution in [-0.2, 0) is 23.0 Å². The highest BCUT2D eigenvalue weighted by Gasteiger charge is 2.30. The molecule has 0 radical (unpaired) electrons. The summed E-state index contributed by atoms with van der Waals surface area (Å²) in [4.78, 5) is 20.2. The van der Waals surface area contributed by atoms with Crippen LogP contribution in [0.25, 0.3) is 11.2 Å². The molecule has 10 heteroatoms. The van der Waals surface area contributed by atoms with Crippen LogP contribution in [-0.4, -0.2) is 56.5 Å². The van der Waals surface area contributed by atoms with E-state index < -0.39 is 10.0 Å². The number of nitrogens with zero attached hydrogens (tertiary/aromatic N) is 5. The molecule has 182 valence electrons. The number of hydrogen-bond donors (Lipinski definition) is 1. The number of aryl methyl sites for hydroxylation is 1. The third-order valence-electron chi connectivity index (χ3n) is 6.51. The molecule has 3 heterocycles. The zero-order chi connectivity index (χ0) is 24.3. The van der Waals surface area contributed by atoms with Crippen molar-refractivity contribution < 1.29 is 8.42 Å². The van der Waals surface area contributed by atoms with Crippen LogP contribution < -0.4 is 5.56 Å². The van der Waals surface area contributed by atoms with E-state index in [4.69, 9.17) is 4.98 Å². The Balaban J connectivity index is 1.24. The number of aromatic nitrogens is 5. The van der Waals surface area contributed by atoms with Gasteiger partial charge >= 0.3 is 0 Å². The molecule has 2 aromatic carbocycles. The second-order valence-corrected chi connectivity index (χ2v) is 11.0. The van der Waals surface area contributed by atoms with Crippen LogP contribution in [0.15, 0.2) is 65.5 Å². The molecule has 1 saturated heterocycles. The van der Waals surface area contributed by atoms with E-state index in [0.717, 1.165) is 17.5 Å². The molecule has 2 aromatic heterocycles. The average Bonchev–Trinajstić information content (AvgIpc) is 3.28. The molecule has 0 spiro atoms. The molecule has 4 aromatic rings. The van der Waals surface area contributed by atoms with Crippen LogP contribution in [0.4, 0.5) is 0 Å². The molecule has 9 nitrogen and oxygen atoms in total. The van der Waals surface area contributed by atoms with Crippen molar-refractivity contribution in [3.63, 3.8) is 0 Å². The molecule has 1 N–H and O–H groups in total. The Morgan fingerprint density at radius 2 is 1.60 bits per heavy atom. The van der Waals surface area contributed by atoms with Gasteiger partial charge in [-0.25, -0.2) is 22.4 Å². The average molecular weight is 493 g/mol. The molecule has 35 heavy (non-hydrogen) atoms. The van der Waals surface area contributed by atoms with E-state index in [0.29, 0.717) is 50.4 Å². The molecule has 0 amide bonds. The van der Waals surface area contributed by atoms with E-state index in [1.165, 1.54) is 0 Å². The molecule has 1 aliphatic heterocycles. The lowest BCUT2D eigenvalue weighted by Crippen LogP contribution is -2.39. The fraction of sp³-hybridized carbons (Fsp3) is 0.360. The number of fused-ring (bicyclic) bond motifs is 1. The standard InChI is InChI=1S/C25H28N6O3S/c32-25-22-24(31(29-28-22)18-20-10-5-2-6-11-20)26-23(27-25)21-13-15-30(16-14-21)35(33,34)17-7-12-19-8-3-1-4-9-19/h1-6,8-11,21H,7,12-18H2,(H,26,27,32). The van der Waals surface area contributed by atoms with E-state index in [1.54, 1.807) is 8.99 Å². The summed E-state index contributed by atoms with van der Waals surface area (Å²) in [6.45, 7) is 1.30. The van der Waals surface area contributed by atoms with E-state index in [2.05, 4.69) is 15.3 Å². The molecular weight excluding hydrogens is 464 g/mol. The summed E-state index contributed by atoms with van der Waals surface area (Å²) in [5.41, 5.74) is 2.52. The van der Waals surface area contributed by atoms with Crippen molar-refractivity contribution in [2.75, 3.05) is 18.8 Å². The minimum Gasteiger partial charge on any atom is -0.308 e. The predicted octanol–water partition coefficient (Wildman–Crippen LogP) is 2.70. The van der Waals surface area contributed by atoms with Gasteiger partial charge in [0.15, 0.2) is 11.2 Å². The maximum atomic E-state index is 12.9. The first-order valence-electron chi connectivity index (χ1n) is 11.9. The minimum absolute atomic E-state index is 0.0251. The lowest BCUT2D eigenvalue weighted by atomic mass is 9.97. The highest BCUT2D eigenvalue weighted by molar-refractivity contribution is 7.89. The number of sulfonamides is 1. The van der Waals surface area contributed by atoms with Gasteiger partial charge in [-0.3, -0.25) is 4.79 Å². The Kier molecular flexibility index (Phi) is 6.74. The molecule has 0 atom stereocenters. The van der Waals surface area contributed by atoms with Crippen molar-refractivity contribution >= 4 is 21.2 Å². The van der Waals surface area contributed by atoms with Gasteiger partial charge in [0.05, 0.1) is 12.3 Å². The number of nitrogens with one attached hydrogen (secondary N) is 1. The third-order valence-corrected chi connectivity index (χ3v) is 8.47. The van der Waals surface area contributed by atoms with Crippen LogP contribution in [0.5, 0.6) is 0 Å².